The highest BCUT2D eigenvalue weighted by Crippen LogP contribution is 2.58. The smallest absolute Gasteiger partial charge is 0.0714 e. The van der Waals surface area contributed by atoms with Crippen LogP contribution in [0.15, 0.2) is 248 Å². The molecule has 1 heterocycles. The minimum atomic E-state index is -0.941. The Hall–Kier alpha value is -8.04. The second-order valence-electron chi connectivity index (χ2n) is 15.8. The fourth-order valence-corrected chi connectivity index (χ4v) is 10.9. The van der Waals surface area contributed by atoms with Crippen molar-refractivity contribution < 1.29 is 23.3 Å². The molecule has 0 saturated heterocycles. The van der Waals surface area contributed by atoms with Crippen LogP contribution in [-0.4, -0.2) is 0 Å². The van der Waals surface area contributed by atoms with Crippen LogP contribution in [0.5, 0.6) is 0 Å². The second kappa shape index (κ2) is 15.1. The summed E-state index contributed by atoms with van der Waals surface area (Å²) in [5, 5.41) is -0.562. The van der Waals surface area contributed by atoms with Gasteiger partial charge >= 0.3 is 0 Å². The highest BCUT2D eigenvalue weighted by atomic mass is 32.1. The van der Waals surface area contributed by atoms with Gasteiger partial charge in [-0.1, -0.05) is 206 Å². The second-order valence-corrected chi connectivity index (χ2v) is 16.9. The van der Waals surface area contributed by atoms with Gasteiger partial charge < -0.3 is 4.90 Å². The van der Waals surface area contributed by atoms with Gasteiger partial charge in [-0.05, 0) is 120 Å². The van der Waals surface area contributed by atoms with Crippen LogP contribution in [0.25, 0.3) is 75.1 Å². The standard InChI is InChI=1S/C63H41NS/c1-3-22-45(23-4-1)63(46-24-5-2-6-25-46)56-32-13-11-29-52(56)53-39-37-48(41-57(53)63)64(58-33-17-35-60-62(58)55-30-12-14-34-59(55)65-60)47-26-15-21-44(40-47)51-38-36-43-19-8-10-28-50(43)61(51)54-31-16-20-42-18-7-9-27-49(42)54/h1-41H/i7D,8D,9D,10D,15D,16D,18D,19D,20D,21D,26D,27D,28D,31D,36D,38D,40D. The quantitative estimate of drug-likeness (QED) is 0.154. The van der Waals surface area contributed by atoms with E-state index in [0.29, 0.717) is 11.4 Å². The molecule has 0 unspecified atom stereocenters. The molecule has 2 heteroatoms. The molecule has 1 nitrogen and oxygen atoms in total. The number of rotatable bonds is 7. The van der Waals surface area contributed by atoms with Gasteiger partial charge in [-0.3, -0.25) is 0 Å². The summed E-state index contributed by atoms with van der Waals surface area (Å²) in [4.78, 5) is 1.69. The Morgan fingerprint density at radius 1 is 0.415 bits per heavy atom. The molecule has 12 aromatic rings. The van der Waals surface area contributed by atoms with Crippen molar-refractivity contribution in [3.05, 3.63) is 271 Å². The van der Waals surface area contributed by atoms with Crippen molar-refractivity contribution in [2.75, 3.05) is 4.90 Å². The number of hydrogen-bond acceptors (Lipinski definition) is 2. The Morgan fingerprint density at radius 3 is 1.91 bits per heavy atom. The summed E-state index contributed by atoms with van der Waals surface area (Å²) in [6.07, 6.45) is 0. The molecule has 0 aliphatic heterocycles. The topological polar surface area (TPSA) is 3.24 Å². The Kier molecular flexibility index (Phi) is 5.59. The molecule has 1 aliphatic carbocycles. The summed E-state index contributed by atoms with van der Waals surface area (Å²) in [6, 6.07) is 34.4. The first-order chi connectivity index (χ1) is 39.3. The van der Waals surface area contributed by atoms with Gasteiger partial charge in [0.2, 0.25) is 0 Å². The molecule has 13 rings (SSSR count). The van der Waals surface area contributed by atoms with Gasteiger partial charge in [0, 0.05) is 31.5 Å². The molecular weight excluding hydrogens is 803 g/mol. The van der Waals surface area contributed by atoms with Crippen molar-refractivity contribution in [1.82, 2.24) is 0 Å². The Labute approximate surface area is 406 Å². The summed E-state index contributed by atoms with van der Waals surface area (Å²) in [6.45, 7) is 0. The third kappa shape index (κ3) is 5.78. The first-order valence-corrected chi connectivity index (χ1v) is 21.9. The first kappa shape index (κ1) is 24.1. The molecule has 0 radical (unpaired) electrons. The van der Waals surface area contributed by atoms with E-state index in [1.807, 2.05) is 109 Å². The predicted octanol–water partition coefficient (Wildman–Crippen LogP) is 17.5. The normalized spacial score (nSPS) is 16.4. The van der Waals surface area contributed by atoms with Crippen molar-refractivity contribution >= 4 is 70.1 Å². The molecule has 304 valence electrons. The van der Waals surface area contributed by atoms with Crippen molar-refractivity contribution in [3.63, 3.8) is 0 Å². The lowest BCUT2D eigenvalue weighted by atomic mass is 9.67. The highest BCUT2D eigenvalue weighted by Gasteiger charge is 2.46. The third-order valence-electron chi connectivity index (χ3n) is 12.5. The first-order valence-electron chi connectivity index (χ1n) is 29.5. The summed E-state index contributed by atoms with van der Waals surface area (Å²) in [7, 11) is 0. The van der Waals surface area contributed by atoms with Crippen LogP contribution in [0.2, 0.25) is 0 Å². The molecule has 65 heavy (non-hydrogen) atoms. The number of nitrogens with zero attached hydrogens (tertiary/aromatic N) is 1. The largest absolute Gasteiger partial charge is 0.310 e. The minimum Gasteiger partial charge on any atom is -0.310 e. The van der Waals surface area contributed by atoms with E-state index in [4.69, 9.17) is 11.0 Å². The van der Waals surface area contributed by atoms with Crippen molar-refractivity contribution in [3.8, 4) is 33.4 Å². The fourth-order valence-electron chi connectivity index (χ4n) is 9.82. The molecule has 0 bridgehead atoms. The fraction of sp³-hybridized carbons (Fsp3) is 0.0159. The van der Waals surface area contributed by atoms with Crippen molar-refractivity contribution in [1.29, 1.82) is 0 Å². The van der Waals surface area contributed by atoms with Gasteiger partial charge in [0.25, 0.3) is 0 Å². The average Bonchev–Trinajstić information content (AvgIpc) is 1.60. The van der Waals surface area contributed by atoms with Gasteiger partial charge in [-0.25, -0.2) is 0 Å². The van der Waals surface area contributed by atoms with Gasteiger partial charge in [-0.15, -0.1) is 11.3 Å². The van der Waals surface area contributed by atoms with E-state index >= 15 is 0 Å². The number of benzene rings is 11. The van der Waals surface area contributed by atoms with Crippen molar-refractivity contribution in [2.24, 2.45) is 0 Å². The molecule has 0 fully saturated rings. The Balaban J connectivity index is 1.22. The van der Waals surface area contributed by atoms with Crippen LogP contribution in [0.3, 0.4) is 0 Å². The Bertz CT molecular complexity index is 4750. The highest BCUT2D eigenvalue weighted by molar-refractivity contribution is 7.26. The SMILES string of the molecule is [2H]c1c([2H])c(-c2c([2H])c([2H])c3c([2H])c([2H])c([2H])c([2H])c3c2-c2c([2H])c([2H])c([2H])c3c([2H])c([2H])c([2H])c([2H])c23)c([2H])c(N(c2ccc3c(c2)C(c2ccccc2)(c2ccccc2)c2ccccc2-3)c2cccc3sc4ccccc4c23)c1[2H]. The van der Waals surface area contributed by atoms with E-state index in [0.717, 1.165) is 53.6 Å². The summed E-state index contributed by atoms with van der Waals surface area (Å²) < 4.78 is 161. The van der Waals surface area contributed by atoms with E-state index in [1.54, 1.807) is 4.90 Å². The van der Waals surface area contributed by atoms with Crippen molar-refractivity contribution in [2.45, 2.75) is 5.41 Å². The van der Waals surface area contributed by atoms with Gasteiger partial charge in [0.1, 0.15) is 0 Å². The molecule has 0 N–H and O–H groups in total. The zero-order valence-electron chi connectivity index (χ0n) is 51.2. The molecule has 0 spiro atoms. The van der Waals surface area contributed by atoms with E-state index in [2.05, 4.69) is 36.4 Å². The molecule has 0 atom stereocenters. The maximum atomic E-state index is 10.7. The minimum absolute atomic E-state index is 0.272. The molecule has 1 aromatic heterocycles. The Morgan fingerprint density at radius 2 is 1.08 bits per heavy atom. The monoisotopic (exact) mass is 860 g/mol. The van der Waals surface area contributed by atoms with E-state index < -0.39 is 152 Å². The van der Waals surface area contributed by atoms with E-state index in [1.165, 1.54) is 11.3 Å². The van der Waals surface area contributed by atoms with Crippen LogP contribution >= 0.6 is 11.3 Å². The molecule has 0 amide bonds. The maximum Gasteiger partial charge on any atom is 0.0714 e. The van der Waals surface area contributed by atoms with E-state index in [9.17, 15) is 12.3 Å². The van der Waals surface area contributed by atoms with Crippen LogP contribution in [0.1, 0.15) is 45.6 Å². The summed E-state index contributed by atoms with van der Waals surface area (Å²) in [5.41, 5.74) is 2.95. The van der Waals surface area contributed by atoms with Gasteiger partial charge in [0.15, 0.2) is 0 Å². The van der Waals surface area contributed by atoms with Crippen LogP contribution < -0.4 is 4.90 Å². The molecule has 0 saturated carbocycles. The van der Waals surface area contributed by atoms with Gasteiger partial charge in [0.05, 0.1) is 34.4 Å². The van der Waals surface area contributed by atoms with Crippen LogP contribution in [0, 0.1) is 0 Å². The number of hydrogen-bond donors (Lipinski definition) is 0. The number of anilines is 3. The zero-order valence-corrected chi connectivity index (χ0v) is 35.0. The molecular formula is C63H41NS. The zero-order chi connectivity index (χ0) is 57.7. The lowest BCUT2D eigenvalue weighted by Crippen LogP contribution is -2.28. The van der Waals surface area contributed by atoms with Gasteiger partial charge in [-0.2, -0.15) is 0 Å². The van der Waals surface area contributed by atoms with Crippen LogP contribution in [0.4, 0.5) is 17.1 Å². The number of thiophene rings is 1. The number of fused-ring (bicyclic) bond motifs is 8. The third-order valence-corrected chi connectivity index (χ3v) is 13.6. The van der Waals surface area contributed by atoms with E-state index in [-0.39, 0.29) is 5.69 Å². The summed E-state index contributed by atoms with van der Waals surface area (Å²) >= 11 is 1.53. The average molecular weight is 861 g/mol. The predicted molar refractivity (Wildman–Crippen MR) is 277 cm³/mol. The lowest BCUT2D eigenvalue weighted by Gasteiger charge is -2.35. The summed E-state index contributed by atoms with van der Waals surface area (Å²) in [5.74, 6) is 0. The molecule has 1 aliphatic rings. The lowest BCUT2D eigenvalue weighted by molar-refractivity contribution is 0.768. The van der Waals surface area contributed by atoms with Crippen LogP contribution in [-0.2, 0) is 5.41 Å². The maximum absolute atomic E-state index is 10.7. The molecule has 11 aromatic carbocycles.